The molecule has 1 aromatic carbocycles. The van der Waals surface area contributed by atoms with Crippen LogP contribution in [0, 0.1) is 17.8 Å². The first kappa shape index (κ1) is 82.0. The van der Waals surface area contributed by atoms with Gasteiger partial charge in [0.1, 0.15) is 47.8 Å². The van der Waals surface area contributed by atoms with E-state index in [-0.39, 0.29) is 95.7 Å². The smallest absolute Gasteiger partial charge is 0.378 e. The van der Waals surface area contributed by atoms with Crippen LogP contribution in [-0.2, 0) is 74.9 Å². The molecule has 102 heavy (non-hydrogen) atoms. The third-order valence-electron chi connectivity index (χ3n) is 21.7. The van der Waals surface area contributed by atoms with Gasteiger partial charge in [-0.2, -0.15) is 26.3 Å². The van der Waals surface area contributed by atoms with E-state index < -0.39 is 186 Å². The number of fused-ring (bicyclic) bond motifs is 1. The van der Waals surface area contributed by atoms with Gasteiger partial charge in [0.05, 0.1) is 56.3 Å². The molecule has 12 amide bonds. The number of nitrogens with one attached hydrogen (secondary N) is 3. The zero-order valence-corrected chi connectivity index (χ0v) is 61.0. The van der Waals surface area contributed by atoms with Crippen molar-refractivity contribution in [2.75, 3.05) is 102 Å². The third-order valence-corrected chi connectivity index (χ3v) is 22.0. The Morgan fingerprint density at radius 2 is 1.24 bits per heavy atom. The van der Waals surface area contributed by atoms with Gasteiger partial charge in [-0.25, -0.2) is 0 Å². The van der Waals surface area contributed by atoms with E-state index in [0.717, 1.165) is 77.3 Å². The lowest BCUT2D eigenvalue weighted by molar-refractivity contribution is -0.164. The molecule has 6 aliphatic rings. The Morgan fingerprint density at radius 3 is 1.83 bits per heavy atom. The Morgan fingerprint density at radius 1 is 0.637 bits per heavy atom. The lowest BCUT2D eigenvalue weighted by Gasteiger charge is -2.43. The van der Waals surface area contributed by atoms with Gasteiger partial charge in [0.15, 0.2) is 0 Å². The Bertz CT molecular complexity index is 3200. The largest absolute Gasteiger partial charge is 0.417 e. The average Bonchev–Trinajstić information content (AvgIpc) is 1.34. The molecule has 1 aromatic rings. The fraction of sp³-hybridized carbons (Fsp3) is 0.743. The Kier molecular flexibility index (Phi) is 28.9. The van der Waals surface area contributed by atoms with Gasteiger partial charge in [0.2, 0.25) is 70.9 Å². The lowest BCUT2D eigenvalue weighted by Crippen LogP contribution is -2.65. The highest BCUT2D eigenvalue weighted by Crippen LogP contribution is 2.39. The van der Waals surface area contributed by atoms with Crippen molar-refractivity contribution < 1.29 is 88.6 Å². The fourth-order valence-corrected chi connectivity index (χ4v) is 15.6. The molecule has 0 aromatic heterocycles. The summed E-state index contributed by atoms with van der Waals surface area (Å²) in [5.74, 6) is -11.7. The SMILES string of the molecule is CC[C@H](C)[C@@H]1NC(=O)[C@H](CC(F)(F)F)N(C)C(=O)C[C@@H](C(=O)N2CCOCC2)N(C)C(=O)[C@H](C2CCCCC2)N(C)C(=O)C2(CCCC2)NC(=O)[C@@H]2CCCN2C(=O)[C@H](CCc2ccc(C(F)(F)F)c(Cl)c2)NC(=O)CN(C)C(=O)[C@H](CC2CCCCC2)N(C)C(=O)CN(C)C(=O)CN(C)C1=O. The van der Waals surface area contributed by atoms with Crippen LogP contribution < -0.4 is 16.0 Å². The Balaban J connectivity index is 1.30. The summed E-state index contributed by atoms with van der Waals surface area (Å²) < 4.78 is 91.5. The first-order valence-corrected chi connectivity index (χ1v) is 36.2. The van der Waals surface area contributed by atoms with Crippen LogP contribution in [0.25, 0.3) is 0 Å². The maximum atomic E-state index is 15.7. The van der Waals surface area contributed by atoms with Crippen molar-refractivity contribution in [1.29, 1.82) is 0 Å². The molecule has 0 unspecified atom stereocenters. The summed E-state index contributed by atoms with van der Waals surface area (Å²) >= 11 is 6.14. The van der Waals surface area contributed by atoms with E-state index in [2.05, 4.69) is 16.0 Å². The quantitative estimate of drug-likeness (QED) is 0.255. The molecule has 3 heterocycles. The second-order valence-electron chi connectivity index (χ2n) is 28.9. The van der Waals surface area contributed by atoms with E-state index in [1.54, 1.807) is 6.92 Å². The summed E-state index contributed by atoms with van der Waals surface area (Å²) in [6.07, 6.45) is -4.41. The maximum absolute atomic E-state index is 15.7. The zero-order valence-electron chi connectivity index (χ0n) is 60.2. The minimum atomic E-state index is -5.11. The number of benzene rings is 1. The predicted molar refractivity (Wildman–Crippen MR) is 362 cm³/mol. The second-order valence-corrected chi connectivity index (χ2v) is 29.3. The highest BCUT2D eigenvalue weighted by atomic mass is 35.5. The number of amides is 12. The molecule has 3 saturated carbocycles. The van der Waals surface area contributed by atoms with Crippen molar-refractivity contribution in [3.05, 3.63) is 34.3 Å². The van der Waals surface area contributed by atoms with Crippen LogP contribution in [0.1, 0.15) is 160 Å². The second kappa shape index (κ2) is 35.9. The van der Waals surface area contributed by atoms with E-state index in [9.17, 15) is 64.7 Å². The standard InChI is InChI=1S/C70H103ClF6N12O13/c1-10-43(2)58-65(99)83(5)41-56(92)81(3)42-57(93)84(6)51(37-44-20-13-11-14-21-44)63(97)82(4)40-54(90)78-49(28-26-45-25-27-47(48(71)36-45)70(75,76)77)62(96)89-31-19-24-50(89)61(95)80-68(29-17-18-30-68)67(101)87(9)59(46-22-15-12-16-23-46)66(100)86(8)52(64(98)88-32-34-102-35-33-88)38-55(91)85(7)53(60(94)79-58)39-69(72,73)74/h25,27,36,43-44,46,49-53,58-59H,10-24,26,28-35,37-42H2,1-9H3,(H,78,90)(H,79,94)(H,80,95)/t43-,49-,50-,51-,52-,53-,58-,59-/m0/s1. The number of carbonyl (C=O) groups is 12. The first-order chi connectivity index (χ1) is 48.0. The van der Waals surface area contributed by atoms with E-state index in [0.29, 0.717) is 43.4 Å². The van der Waals surface area contributed by atoms with Gasteiger partial charge in [-0.3, -0.25) is 57.5 Å². The van der Waals surface area contributed by atoms with E-state index in [4.69, 9.17) is 16.3 Å². The summed E-state index contributed by atoms with van der Waals surface area (Å²) in [5, 5.41) is 7.54. The number of ether oxygens (including phenoxy) is 1. The fourth-order valence-electron chi connectivity index (χ4n) is 15.3. The Labute approximate surface area is 598 Å². The predicted octanol–water partition coefficient (Wildman–Crippen LogP) is 5.18. The summed E-state index contributed by atoms with van der Waals surface area (Å²) in [5.41, 5.74) is -2.51. The number of morpholine rings is 1. The monoisotopic (exact) mass is 1470 g/mol. The topological polar surface area (TPSA) is 279 Å². The van der Waals surface area contributed by atoms with Gasteiger partial charge < -0.3 is 64.8 Å². The molecule has 1 spiro atoms. The number of likely N-dealkylation sites (N-methyl/N-ethyl adjacent to an activating group) is 7. The van der Waals surface area contributed by atoms with Gasteiger partial charge in [-0.05, 0) is 93.2 Å². The first-order valence-electron chi connectivity index (χ1n) is 35.8. The highest BCUT2D eigenvalue weighted by molar-refractivity contribution is 6.31. The number of rotatable bonds is 10. The van der Waals surface area contributed by atoms with Crippen LogP contribution in [0.4, 0.5) is 26.3 Å². The van der Waals surface area contributed by atoms with Gasteiger partial charge in [-0.15, -0.1) is 0 Å². The average molecular weight is 1470 g/mol. The van der Waals surface area contributed by atoms with Crippen molar-refractivity contribution in [1.82, 2.24) is 60.0 Å². The molecule has 7 rings (SSSR count). The van der Waals surface area contributed by atoms with Crippen molar-refractivity contribution in [3.8, 4) is 0 Å². The number of nitrogens with zero attached hydrogens (tertiary/aromatic N) is 9. The van der Waals surface area contributed by atoms with Crippen LogP contribution >= 0.6 is 11.6 Å². The van der Waals surface area contributed by atoms with Crippen molar-refractivity contribution in [2.24, 2.45) is 17.8 Å². The Hall–Kier alpha value is -7.31. The van der Waals surface area contributed by atoms with Gasteiger partial charge in [0.25, 0.3) is 0 Å². The molecule has 6 fully saturated rings. The van der Waals surface area contributed by atoms with Gasteiger partial charge in [-0.1, -0.05) is 102 Å². The molecule has 25 nitrogen and oxygen atoms in total. The number of aryl methyl sites for hydroxylation is 1. The summed E-state index contributed by atoms with van der Waals surface area (Å²) in [4.78, 5) is 188. The summed E-state index contributed by atoms with van der Waals surface area (Å²) in [6, 6.07) is -7.91. The number of alkyl halides is 6. The third kappa shape index (κ3) is 20.8. The molecule has 0 bridgehead atoms. The molecule has 8 atom stereocenters. The van der Waals surface area contributed by atoms with Crippen molar-refractivity contribution in [3.63, 3.8) is 0 Å². The summed E-state index contributed by atoms with van der Waals surface area (Å²) in [6.45, 7) is 1.27. The molecule has 3 N–H and O–H groups in total. The highest BCUT2D eigenvalue weighted by Gasteiger charge is 2.52. The number of carbonyl (C=O) groups excluding carboxylic acids is 12. The molecule has 3 aliphatic heterocycles. The zero-order chi connectivity index (χ0) is 75.3. The van der Waals surface area contributed by atoms with Crippen molar-refractivity contribution >= 4 is 82.5 Å². The molecular weight excluding hydrogens is 1370 g/mol. The molecule has 0 radical (unpaired) electrons. The minimum absolute atomic E-state index is 0.00187. The molecular formula is C70H103ClF6N12O13. The number of halogens is 7. The number of hydrogen-bond acceptors (Lipinski definition) is 13. The summed E-state index contributed by atoms with van der Waals surface area (Å²) in [7, 11) is 8.76. The van der Waals surface area contributed by atoms with Crippen LogP contribution in [0.15, 0.2) is 18.2 Å². The minimum Gasteiger partial charge on any atom is -0.378 e. The maximum Gasteiger partial charge on any atom is 0.417 e. The molecule has 3 saturated heterocycles. The molecule has 32 heteroatoms. The van der Waals surface area contributed by atoms with Gasteiger partial charge >= 0.3 is 12.4 Å². The normalized spacial score (nSPS) is 26.8. The van der Waals surface area contributed by atoms with Crippen LogP contribution in [0.2, 0.25) is 5.02 Å². The van der Waals surface area contributed by atoms with E-state index >= 15 is 19.2 Å². The van der Waals surface area contributed by atoms with Crippen LogP contribution in [0.5, 0.6) is 0 Å². The van der Waals surface area contributed by atoms with E-state index in [1.807, 2.05) is 0 Å². The van der Waals surface area contributed by atoms with Crippen LogP contribution in [0.3, 0.4) is 0 Å². The number of hydrogen-bond donors (Lipinski definition) is 3. The van der Waals surface area contributed by atoms with Crippen LogP contribution in [-0.4, -0.2) is 271 Å². The van der Waals surface area contributed by atoms with Crippen molar-refractivity contribution in [2.45, 2.75) is 215 Å². The molecule has 3 aliphatic carbocycles. The lowest BCUT2D eigenvalue weighted by atomic mass is 9.81. The molecule has 570 valence electrons. The van der Waals surface area contributed by atoms with Gasteiger partial charge in [0, 0.05) is 69.0 Å². The van der Waals surface area contributed by atoms with E-state index in [1.165, 1.54) is 74.9 Å².